The monoisotopic (exact) mass is 300 g/mol. The number of rotatable bonds is 4. The number of hydrogen-bond donors (Lipinski definition) is 1. The Labute approximate surface area is 126 Å². The summed E-state index contributed by atoms with van der Waals surface area (Å²) < 4.78 is 1.81. The lowest BCUT2D eigenvalue weighted by Gasteiger charge is -2.10. The zero-order valence-electron chi connectivity index (χ0n) is 11.2. The predicted molar refractivity (Wildman–Crippen MR) is 82.4 cm³/mol. The van der Waals surface area contributed by atoms with Crippen molar-refractivity contribution in [3.63, 3.8) is 0 Å². The van der Waals surface area contributed by atoms with Crippen molar-refractivity contribution < 1.29 is 4.79 Å². The molecule has 0 radical (unpaired) electrons. The van der Waals surface area contributed by atoms with E-state index < -0.39 is 0 Å². The second kappa shape index (κ2) is 5.93. The quantitative estimate of drug-likeness (QED) is 0.754. The van der Waals surface area contributed by atoms with Gasteiger partial charge in [-0.2, -0.15) is 0 Å². The Balaban J connectivity index is 1.93. The minimum Gasteiger partial charge on any atom is -0.325 e. The van der Waals surface area contributed by atoms with Gasteiger partial charge in [-0.25, -0.2) is 4.68 Å². The van der Waals surface area contributed by atoms with Crippen LogP contribution in [-0.4, -0.2) is 26.8 Å². The number of carbonyl (C=O) groups is 1. The van der Waals surface area contributed by atoms with E-state index in [2.05, 4.69) is 15.6 Å². The van der Waals surface area contributed by atoms with Crippen LogP contribution in [0.1, 0.15) is 5.56 Å². The van der Waals surface area contributed by atoms with Crippen LogP contribution in [0.5, 0.6) is 0 Å². The van der Waals surface area contributed by atoms with E-state index in [0.717, 1.165) is 22.3 Å². The molecule has 0 spiro atoms. The van der Waals surface area contributed by atoms with Gasteiger partial charge >= 0.3 is 0 Å². The van der Waals surface area contributed by atoms with E-state index in [4.69, 9.17) is 11.6 Å². The van der Waals surface area contributed by atoms with E-state index in [1.54, 1.807) is 4.68 Å². The minimum atomic E-state index is -0.229. The van der Waals surface area contributed by atoms with E-state index in [9.17, 15) is 4.79 Å². The average Bonchev–Trinajstić information content (AvgIpc) is 2.92. The van der Waals surface area contributed by atoms with Crippen molar-refractivity contribution in [1.29, 1.82) is 0 Å². The summed E-state index contributed by atoms with van der Waals surface area (Å²) in [4.78, 5) is 11.5. The smallest absolute Gasteiger partial charge is 0.239 e. The first kappa shape index (κ1) is 13.6. The van der Waals surface area contributed by atoms with E-state index in [1.165, 1.54) is 0 Å². The Kier molecular flexibility index (Phi) is 3.83. The number of carbonyl (C=O) groups excluding carboxylic acids is 1. The van der Waals surface area contributed by atoms with Crippen LogP contribution in [0.4, 0.5) is 5.69 Å². The second-order valence-electron chi connectivity index (χ2n) is 4.57. The average molecular weight is 301 g/mol. The summed E-state index contributed by atoms with van der Waals surface area (Å²) in [5.74, 6) is -0.298. The molecule has 0 bridgehead atoms. The van der Waals surface area contributed by atoms with Crippen LogP contribution in [0.2, 0.25) is 0 Å². The molecule has 0 fully saturated rings. The molecule has 0 atom stereocenters. The first-order valence-electron chi connectivity index (χ1n) is 6.50. The number of hydrogen-bond acceptors (Lipinski definition) is 3. The summed E-state index contributed by atoms with van der Waals surface area (Å²) in [6, 6.07) is 15.3. The van der Waals surface area contributed by atoms with Gasteiger partial charge in [0.05, 0.1) is 12.1 Å². The van der Waals surface area contributed by atoms with Gasteiger partial charge in [-0.15, -0.1) is 16.7 Å². The molecule has 0 aliphatic rings. The van der Waals surface area contributed by atoms with Crippen molar-refractivity contribution in [2.45, 2.75) is 6.54 Å². The van der Waals surface area contributed by atoms with Gasteiger partial charge in [0.2, 0.25) is 5.91 Å². The highest BCUT2D eigenvalue weighted by molar-refractivity contribution is 6.29. The number of benzene rings is 2. The Hall–Kier alpha value is -2.40. The van der Waals surface area contributed by atoms with Crippen molar-refractivity contribution in [3.05, 3.63) is 54.1 Å². The number of aromatic nitrogens is 3. The second-order valence-corrected chi connectivity index (χ2v) is 4.84. The van der Waals surface area contributed by atoms with Crippen molar-refractivity contribution in [1.82, 2.24) is 15.0 Å². The predicted octanol–water partition coefficient (Wildman–Crippen LogP) is 2.66. The summed E-state index contributed by atoms with van der Waals surface area (Å²) in [6.45, 7) is 0.527. The number of anilines is 1. The van der Waals surface area contributed by atoms with Crippen LogP contribution in [0, 0.1) is 0 Å². The number of amides is 1. The molecule has 1 N–H and O–H groups in total. The van der Waals surface area contributed by atoms with Crippen LogP contribution in [0.15, 0.2) is 48.5 Å². The molecule has 6 heteroatoms. The summed E-state index contributed by atoms with van der Waals surface area (Å²) in [7, 11) is 0. The van der Waals surface area contributed by atoms with E-state index >= 15 is 0 Å². The topological polar surface area (TPSA) is 59.8 Å². The van der Waals surface area contributed by atoms with E-state index in [1.807, 2.05) is 48.5 Å². The molecule has 1 amide bonds. The minimum absolute atomic E-state index is 0.0689. The normalized spacial score (nSPS) is 10.7. The van der Waals surface area contributed by atoms with Crippen LogP contribution in [-0.2, 0) is 11.3 Å². The third kappa shape index (κ3) is 2.87. The summed E-state index contributed by atoms with van der Waals surface area (Å²) >= 11 is 5.54. The molecule has 3 aromatic rings. The Morgan fingerprint density at radius 1 is 1.14 bits per heavy atom. The summed E-state index contributed by atoms with van der Waals surface area (Å²) in [5, 5.41) is 11.1. The number of alkyl halides is 1. The fourth-order valence-corrected chi connectivity index (χ4v) is 2.23. The van der Waals surface area contributed by atoms with Gasteiger partial charge in [0.1, 0.15) is 11.4 Å². The van der Waals surface area contributed by atoms with E-state index in [0.29, 0.717) is 6.54 Å². The van der Waals surface area contributed by atoms with Gasteiger partial charge < -0.3 is 5.32 Å². The first-order chi connectivity index (χ1) is 10.3. The molecule has 106 valence electrons. The fourth-order valence-electron chi connectivity index (χ4n) is 2.16. The molecule has 0 saturated carbocycles. The van der Waals surface area contributed by atoms with Crippen molar-refractivity contribution in [2.24, 2.45) is 0 Å². The third-order valence-electron chi connectivity index (χ3n) is 3.15. The van der Waals surface area contributed by atoms with Crippen molar-refractivity contribution in [3.8, 4) is 0 Å². The van der Waals surface area contributed by atoms with Crippen LogP contribution >= 0.6 is 11.6 Å². The van der Waals surface area contributed by atoms with Gasteiger partial charge in [0.15, 0.2) is 0 Å². The molecule has 3 rings (SSSR count). The third-order valence-corrected chi connectivity index (χ3v) is 3.40. The highest BCUT2D eigenvalue weighted by Gasteiger charge is 2.09. The lowest BCUT2D eigenvalue weighted by molar-refractivity contribution is -0.113. The number of nitrogens with one attached hydrogen (secondary N) is 1. The van der Waals surface area contributed by atoms with Crippen LogP contribution < -0.4 is 5.32 Å². The maximum Gasteiger partial charge on any atom is 0.239 e. The van der Waals surface area contributed by atoms with Crippen LogP contribution in [0.3, 0.4) is 0 Å². The van der Waals surface area contributed by atoms with Gasteiger partial charge in [0, 0.05) is 5.69 Å². The number of nitrogens with zero attached hydrogens (tertiary/aromatic N) is 3. The Morgan fingerprint density at radius 2 is 1.90 bits per heavy atom. The first-order valence-corrected chi connectivity index (χ1v) is 7.03. The molecular weight excluding hydrogens is 288 g/mol. The zero-order chi connectivity index (χ0) is 14.7. The molecule has 1 heterocycles. The SMILES string of the molecule is O=C(CCl)Nc1ccccc1Cn1nnc2ccccc21. The molecule has 5 nitrogen and oxygen atoms in total. The largest absolute Gasteiger partial charge is 0.325 e. The zero-order valence-corrected chi connectivity index (χ0v) is 11.9. The molecule has 0 aliphatic carbocycles. The number of halogens is 1. The molecular formula is C15H13ClN4O. The Bertz CT molecular complexity index is 784. The fraction of sp³-hybridized carbons (Fsp3) is 0.133. The summed E-state index contributed by atoms with van der Waals surface area (Å²) in [6.07, 6.45) is 0. The maximum atomic E-state index is 11.5. The van der Waals surface area contributed by atoms with Gasteiger partial charge in [-0.3, -0.25) is 4.79 Å². The Morgan fingerprint density at radius 3 is 2.76 bits per heavy atom. The number of fused-ring (bicyclic) bond motifs is 1. The molecule has 2 aromatic carbocycles. The van der Waals surface area contributed by atoms with Gasteiger partial charge in [-0.1, -0.05) is 35.5 Å². The molecule has 0 aliphatic heterocycles. The standard InChI is InChI=1S/C15H13ClN4O/c16-9-15(21)17-12-6-2-1-5-11(12)10-20-14-8-4-3-7-13(14)18-19-20/h1-8H,9-10H2,(H,17,21). The van der Waals surface area contributed by atoms with Gasteiger partial charge in [-0.05, 0) is 23.8 Å². The van der Waals surface area contributed by atoms with Crippen LogP contribution in [0.25, 0.3) is 11.0 Å². The highest BCUT2D eigenvalue weighted by Crippen LogP contribution is 2.18. The van der Waals surface area contributed by atoms with Crippen molar-refractivity contribution >= 4 is 34.2 Å². The van der Waals surface area contributed by atoms with Crippen molar-refractivity contribution in [2.75, 3.05) is 11.2 Å². The molecule has 0 unspecified atom stereocenters. The highest BCUT2D eigenvalue weighted by atomic mass is 35.5. The number of para-hydroxylation sites is 2. The molecule has 21 heavy (non-hydrogen) atoms. The van der Waals surface area contributed by atoms with E-state index in [-0.39, 0.29) is 11.8 Å². The lowest BCUT2D eigenvalue weighted by Crippen LogP contribution is -2.15. The molecule has 0 saturated heterocycles. The summed E-state index contributed by atoms with van der Waals surface area (Å²) in [5.41, 5.74) is 3.49. The molecule has 1 aromatic heterocycles. The van der Waals surface area contributed by atoms with Gasteiger partial charge in [0.25, 0.3) is 0 Å². The lowest BCUT2D eigenvalue weighted by atomic mass is 10.1. The maximum absolute atomic E-state index is 11.5.